The number of nitrogens with one attached hydrogen (secondary N) is 2. The van der Waals surface area contributed by atoms with Crippen molar-refractivity contribution >= 4 is 0 Å². The Labute approximate surface area is 79.6 Å². The summed E-state index contributed by atoms with van der Waals surface area (Å²) in [6, 6.07) is 11.1. The zero-order valence-electron chi connectivity index (χ0n) is 7.79. The van der Waals surface area contributed by atoms with Gasteiger partial charge >= 0.3 is 0 Å². The Morgan fingerprint density at radius 3 is 2.77 bits per heavy atom. The lowest BCUT2D eigenvalue weighted by atomic mass is 10.1. The van der Waals surface area contributed by atoms with Gasteiger partial charge in [-0.25, -0.2) is 0 Å². The fraction of sp³-hybridized carbons (Fsp3) is 0.364. The van der Waals surface area contributed by atoms with E-state index in [1.165, 1.54) is 10.5 Å². The van der Waals surface area contributed by atoms with E-state index < -0.39 is 0 Å². The second-order valence-electron chi connectivity index (χ2n) is 3.62. The number of hydrogen-bond donors (Lipinski definition) is 2. The topological polar surface area (TPSA) is 16.5 Å². The largest absolute Gasteiger partial charge is 0.465 e. The first-order valence-corrected chi connectivity index (χ1v) is 4.81. The van der Waals surface area contributed by atoms with Gasteiger partial charge in [-0.15, -0.1) is 0 Å². The van der Waals surface area contributed by atoms with E-state index in [0.717, 1.165) is 19.6 Å². The first-order chi connectivity index (χ1) is 6.36. The van der Waals surface area contributed by atoms with Crippen LogP contribution in [-0.4, -0.2) is 19.6 Å². The summed E-state index contributed by atoms with van der Waals surface area (Å²) in [5, 5.41) is 3.50. The van der Waals surface area contributed by atoms with Crippen LogP contribution in [0.1, 0.15) is 11.6 Å². The number of quaternary nitrogens is 1. The summed E-state index contributed by atoms with van der Waals surface area (Å²) >= 11 is 0. The maximum atomic E-state index is 4.05. The summed E-state index contributed by atoms with van der Waals surface area (Å²) in [6.07, 6.45) is 0. The lowest BCUT2D eigenvalue weighted by molar-refractivity contribution is -0.859. The van der Waals surface area contributed by atoms with Crippen molar-refractivity contribution in [1.82, 2.24) is 5.32 Å². The Balaban J connectivity index is 2.08. The third kappa shape index (κ3) is 2.08. The molecule has 1 fully saturated rings. The van der Waals surface area contributed by atoms with Crippen LogP contribution in [0.25, 0.3) is 0 Å². The Morgan fingerprint density at radius 1 is 1.31 bits per heavy atom. The van der Waals surface area contributed by atoms with Crippen molar-refractivity contribution in [3.05, 3.63) is 42.9 Å². The molecular weight excluding hydrogens is 160 g/mol. The predicted octanol–water partition coefficient (Wildman–Crippen LogP) is 0.00739. The molecule has 2 nitrogen and oxygen atoms in total. The van der Waals surface area contributed by atoms with Crippen molar-refractivity contribution < 1.29 is 4.90 Å². The fourth-order valence-corrected chi connectivity index (χ4v) is 1.81. The van der Waals surface area contributed by atoms with Crippen LogP contribution >= 0.6 is 0 Å². The Bertz CT molecular complexity index is 258. The van der Waals surface area contributed by atoms with Crippen molar-refractivity contribution in [3.8, 4) is 0 Å². The summed E-state index contributed by atoms with van der Waals surface area (Å²) in [5.41, 5.74) is 1.38. The molecule has 1 aromatic rings. The van der Waals surface area contributed by atoms with E-state index >= 15 is 0 Å². The average molecular weight is 176 g/mol. The Kier molecular flexibility index (Phi) is 2.62. The highest BCUT2D eigenvalue weighted by Gasteiger charge is 2.17. The first kappa shape index (κ1) is 8.73. The van der Waals surface area contributed by atoms with Crippen molar-refractivity contribution in [2.75, 3.05) is 19.6 Å². The molecule has 1 heterocycles. The molecular formula is C11H16N2. The van der Waals surface area contributed by atoms with E-state index in [9.17, 15) is 0 Å². The van der Waals surface area contributed by atoms with E-state index in [1.807, 2.05) is 0 Å². The van der Waals surface area contributed by atoms with E-state index in [0.29, 0.717) is 6.04 Å². The molecule has 1 aromatic carbocycles. The standard InChI is InChI=1S/C11H16N2/c1-13-8-7-12-11(9-13)10-5-3-2-4-6-10/h2-6,11-13H,1,7-9H2. The quantitative estimate of drug-likeness (QED) is 0.576. The molecule has 0 saturated carbocycles. The molecule has 0 radical (unpaired) electrons. The van der Waals surface area contributed by atoms with Crippen molar-refractivity contribution in [2.45, 2.75) is 6.04 Å². The van der Waals surface area contributed by atoms with Crippen LogP contribution in [0.2, 0.25) is 0 Å². The van der Waals surface area contributed by atoms with Crippen molar-refractivity contribution in [3.63, 3.8) is 0 Å². The zero-order valence-corrected chi connectivity index (χ0v) is 7.79. The van der Waals surface area contributed by atoms with Gasteiger partial charge in [0, 0.05) is 6.54 Å². The Morgan fingerprint density at radius 2 is 2.08 bits per heavy atom. The third-order valence-electron chi connectivity index (χ3n) is 2.56. The van der Waals surface area contributed by atoms with Gasteiger partial charge in [0.05, 0.1) is 19.1 Å². The van der Waals surface area contributed by atoms with Gasteiger partial charge in [-0.2, -0.15) is 7.05 Å². The van der Waals surface area contributed by atoms with Crippen LogP contribution in [0, 0.1) is 7.05 Å². The lowest BCUT2D eigenvalue weighted by Gasteiger charge is -2.32. The molecule has 1 aliphatic heterocycles. The first-order valence-electron chi connectivity index (χ1n) is 4.81. The number of benzene rings is 1. The van der Waals surface area contributed by atoms with Gasteiger partial charge in [0.15, 0.2) is 0 Å². The molecule has 2 atom stereocenters. The summed E-state index contributed by atoms with van der Waals surface area (Å²) < 4.78 is 0. The number of hydrogen-bond acceptors (Lipinski definition) is 1. The molecule has 2 rings (SSSR count). The van der Waals surface area contributed by atoms with Crippen LogP contribution in [0.3, 0.4) is 0 Å². The molecule has 0 spiro atoms. The van der Waals surface area contributed by atoms with Gasteiger partial charge in [0.2, 0.25) is 0 Å². The molecule has 2 heteroatoms. The maximum Gasteiger partial charge on any atom is 0.0800 e. The second-order valence-corrected chi connectivity index (χ2v) is 3.62. The summed E-state index contributed by atoms with van der Waals surface area (Å²) in [6.45, 7) is 3.28. The normalized spacial score (nSPS) is 28.7. The van der Waals surface area contributed by atoms with Gasteiger partial charge in [0.1, 0.15) is 0 Å². The van der Waals surface area contributed by atoms with Gasteiger partial charge in [-0.1, -0.05) is 30.3 Å². The molecule has 70 valence electrons. The summed E-state index contributed by atoms with van der Waals surface area (Å²) in [7, 11) is 4.05. The van der Waals surface area contributed by atoms with Crippen molar-refractivity contribution in [1.29, 1.82) is 0 Å². The lowest BCUT2D eigenvalue weighted by Crippen LogP contribution is -3.10. The fourth-order valence-electron chi connectivity index (χ4n) is 1.81. The van der Waals surface area contributed by atoms with E-state index in [4.69, 9.17) is 0 Å². The van der Waals surface area contributed by atoms with Gasteiger partial charge in [-0.3, -0.25) is 5.32 Å². The number of piperazine rings is 1. The van der Waals surface area contributed by atoms with Crippen LogP contribution in [0.4, 0.5) is 0 Å². The minimum Gasteiger partial charge on any atom is -0.465 e. The highest BCUT2D eigenvalue weighted by Crippen LogP contribution is 2.10. The van der Waals surface area contributed by atoms with Gasteiger partial charge in [-0.05, 0) is 5.56 Å². The molecule has 0 bridgehead atoms. The molecule has 0 aliphatic carbocycles. The predicted molar refractivity (Wildman–Crippen MR) is 53.2 cm³/mol. The van der Waals surface area contributed by atoms with E-state index in [2.05, 4.69) is 42.7 Å². The van der Waals surface area contributed by atoms with E-state index in [-0.39, 0.29) is 0 Å². The van der Waals surface area contributed by atoms with Crippen molar-refractivity contribution in [2.24, 2.45) is 0 Å². The molecule has 0 aromatic heterocycles. The zero-order chi connectivity index (χ0) is 9.10. The average Bonchev–Trinajstić information content (AvgIpc) is 2.19. The third-order valence-corrected chi connectivity index (χ3v) is 2.56. The van der Waals surface area contributed by atoms with E-state index in [1.54, 1.807) is 0 Å². The molecule has 2 unspecified atom stereocenters. The SMILES string of the molecule is [CH2-][NH+]1CCNC(c2ccccc2)C1. The highest BCUT2D eigenvalue weighted by molar-refractivity contribution is 5.19. The summed E-state index contributed by atoms with van der Waals surface area (Å²) in [5.74, 6) is 0. The highest BCUT2D eigenvalue weighted by atomic mass is 15.2. The van der Waals surface area contributed by atoms with Crippen LogP contribution in [-0.2, 0) is 0 Å². The van der Waals surface area contributed by atoms with Gasteiger partial charge < -0.3 is 4.90 Å². The smallest absolute Gasteiger partial charge is 0.0800 e. The molecule has 1 saturated heterocycles. The van der Waals surface area contributed by atoms with Crippen LogP contribution < -0.4 is 10.2 Å². The van der Waals surface area contributed by atoms with Gasteiger partial charge in [0.25, 0.3) is 0 Å². The maximum absolute atomic E-state index is 4.05. The monoisotopic (exact) mass is 176 g/mol. The second kappa shape index (κ2) is 3.90. The minimum absolute atomic E-state index is 0.488. The van der Waals surface area contributed by atoms with Crippen LogP contribution in [0.15, 0.2) is 30.3 Å². The van der Waals surface area contributed by atoms with Crippen LogP contribution in [0.5, 0.6) is 0 Å². The minimum atomic E-state index is 0.488. The molecule has 0 amide bonds. The summed E-state index contributed by atoms with van der Waals surface area (Å²) in [4.78, 5) is 1.37. The Hall–Kier alpha value is -0.860. The number of rotatable bonds is 1. The molecule has 1 aliphatic rings. The molecule has 13 heavy (non-hydrogen) atoms. The molecule has 2 N–H and O–H groups in total.